The molecule has 0 spiro atoms. The molecule has 3 rings (SSSR count). The molecule has 21 heavy (non-hydrogen) atoms. The Labute approximate surface area is 133 Å². The third-order valence-electron chi connectivity index (χ3n) is 3.56. The number of amides is 1. The minimum Gasteiger partial charge on any atom is -0.352 e. The fourth-order valence-corrected chi connectivity index (χ4v) is 2.67. The van der Waals surface area contributed by atoms with Crippen LogP contribution in [0.15, 0.2) is 48.8 Å². The van der Waals surface area contributed by atoms with Crippen LogP contribution in [0.5, 0.6) is 0 Å². The lowest BCUT2D eigenvalue weighted by atomic mass is 10.1. The number of benzene rings is 1. The number of rotatable bonds is 4. The Hall–Kier alpha value is -1.58. The van der Waals surface area contributed by atoms with Crippen molar-refractivity contribution in [1.82, 2.24) is 10.3 Å². The molecule has 1 aliphatic rings. The molecule has 108 valence electrons. The fourth-order valence-electron chi connectivity index (χ4n) is 2.16. The van der Waals surface area contributed by atoms with Crippen molar-refractivity contribution >= 4 is 29.1 Å². The SMILES string of the molecule is O=C(NCc1ccc(-c2cccnc2)cc1)C1CC1(Cl)Cl. The van der Waals surface area contributed by atoms with Crippen LogP contribution >= 0.6 is 23.2 Å². The van der Waals surface area contributed by atoms with Gasteiger partial charge in [-0.05, 0) is 29.2 Å². The first-order valence-electron chi connectivity index (χ1n) is 6.71. The number of alkyl halides is 2. The van der Waals surface area contributed by atoms with Gasteiger partial charge in [-0.2, -0.15) is 0 Å². The van der Waals surface area contributed by atoms with Crippen molar-refractivity contribution in [2.24, 2.45) is 5.92 Å². The Morgan fingerprint density at radius 1 is 1.24 bits per heavy atom. The third-order valence-corrected chi connectivity index (χ3v) is 4.39. The number of carbonyl (C=O) groups is 1. The maximum absolute atomic E-state index is 11.8. The summed E-state index contributed by atoms with van der Waals surface area (Å²) < 4.78 is -0.867. The summed E-state index contributed by atoms with van der Waals surface area (Å²) in [4.78, 5) is 15.9. The predicted octanol–water partition coefficient (Wildman–Crippen LogP) is 3.56. The van der Waals surface area contributed by atoms with E-state index in [2.05, 4.69) is 10.3 Å². The van der Waals surface area contributed by atoms with Gasteiger partial charge in [-0.15, -0.1) is 23.2 Å². The van der Waals surface area contributed by atoms with Gasteiger partial charge in [0, 0.05) is 18.9 Å². The van der Waals surface area contributed by atoms with Crippen LogP contribution in [-0.4, -0.2) is 15.2 Å². The van der Waals surface area contributed by atoms with E-state index in [0.717, 1.165) is 16.7 Å². The molecule has 3 nitrogen and oxygen atoms in total. The Bertz CT molecular complexity index is 641. The van der Waals surface area contributed by atoms with Gasteiger partial charge >= 0.3 is 0 Å². The number of hydrogen-bond donors (Lipinski definition) is 1. The fraction of sp³-hybridized carbons (Fsp3) is 0.250. The number of hydrogen-bond acceptors (Lipinski definition) is 2. The van der Waals surface area contributed by atoms with E-state index in [0.29, 0.717) is 13.0 Å². The summed E-state index contributed by atoms with van der Waals surface area (Å²) in [7, 11) is 0. The summed E-state index contributed by atoms with van der Waals surface area (Å²) in [6, 6.07) is 11.9. The summed E-state index contributed by atoms with van der Waals surface area (Å²) in [5.74, 6) is -0.369. The Morgan fingerprint density at radius 2 is 1.95 bits per heavy atom. The van der Waals surface area contributed by atoms with E-state index in [9.17, 15) is 4.79 Å². The zero-order valence-corrected chi connectivity index (χ0v) is 12.7. The topological polar surface area (TPSA) is 42.0 Å². The molecule has 1 fully saturated rings. The largest absolute Gasteiger partial charge is 0.352 e. The Morgan fingerprint density at radius 3 is 2.52 bits per heavy atom. The lowest BCUT2D eigenvalue weighted by Gasteiger charge is -2.07. The zero-order valence-electron chi connectivity index (χ0n) is 11.2. The van der Waals surface area contributed by atoms with Gasteiger partial charge in [0.1, 0.15) is 4.33 Å². The number of halogens is 2. The van der Waals surface area contributed by atoms with Crippen molar-refractivity contribution in [3.05, 3.63) is 54.4 Å². The second kappa shape index (κ2) is 5.66. The van der Waals surface area contributed by atoms with Crippen LogP contribution in [0.2, 0.25) is 0 Å². The van der Waals surface area contributed by atoms with Crippen LogP contribution < -0.4 is 5.32 Å². The zero-order chi connectivity index (χ0) is 14.9. The van der Waals surface area contributed by atoms with Gasteiger partial charge in [0.2, 0.25) is 5.91 Å². The number of nitrogens with one attached hydrogen (secondary N) is 1. The molecule has 2 aromatic rings. The molecule has 0 aliphatic heterocycles. The van der Waals surface area contributed by atoms with Crippen molar-refractivity contribution in [3.63, 3.8) is 0 Å². The highest BCUT2D eigenvalue weighted by molar-refractivity contribution is 6.52. The first kappa shape index (κ1) is 14.4. The van der Waals surface area contributed by atoms with Crippen molar-refractivity contribution in [1.29, 1.82) is 0 Å². The van der Waals surface area contributed by atoms with Crippen LogP contribution in [0.4, 0.5) is 0 Å². The quantitative estimate of drug-likeness (QED) is 0.875. The molecule has 0 bridgehead atoms. The van der Waals surface area contributed by atoms with Crippen molar-refractivity contribution in [2.45, 2.75) is 17.3 Å². The lowest BCUT2D eigenvalue weighted by Crippen LogP contribution is -2.26. The second-order valence-electron chi connectivity index (χ2n) is 5.17. The summed E-state index contributed by atoms with van der Waals surface area (Å²) in [6.45, 7) is 0.479. The number of pyridine rings is 1. The molecule has 1 N–H and O–H groups in total. The molecule has 1 amide bonds. The standard InChI is InChI=1S/C16H14Cl2N2O/c17-16(18)8-14(16)15(21)20-9-11-3-5-12(6-4-11)13-2-1-7-19-10-13/h1-7,10,14H,8-9H2,(H,20,21). The molecule has 1 unspecified atom stereocenters. The van der Waals surface area contributed by atoms with Gasteiger partial charge in [0.15, 0.2) is 0 Å². The van der Waals surface area contributed by atoms with Crippen LogP contribution in [0, 0.1) is 5.92 Å². The first-order valence-corrected chi connectivity index (χ1v) is 7.47. The normalized spacial score (nSPS) is 19.0. The van der Waals surface area contributed by atoms with Crippen LogP contribution in [-0.2, 0) is 11.3 Å². The molecule has 1 heterocycles. The van der Waals surface area contributed by atoms with E-state index in [-0.39, 0.29) is 11.8 Å². The van der Waals surface area contributed by atoms with E-state index in [1.165, 1.54) is 0 Å². The van der Waals surface area contributed by atoms with E-state index >= 15 is 0 Å². The molecular formula is C16H14Cl2N2O. The smallest absolute Gasteiger partial charge is 0.226 e. The summed E-state index contributed by atoms with van der Waals surface area (Å²) in [6.07, 6.45) is 4.10. The molecule has 0 radical (unpaired) electrons. The van der Waals surface area contributed by atoms with Crippen LogP contribution in [0.3, 0.4) is 0 Å². The Kier molecular flexibility index (Phi) is 3.87. The van der Waals surface area contributed by atoms with Gasteiger partial charge in [0.25, 0.3) is 0 Å². The molecule has 1 aromatic heterocycles. The third kappa shape index (κ3) is 3.36. The van der Waals surface area contributed by atoms with Gasteiger partial charge in [0.05, 0.1) is 5.92 Å². The highest BCUT2D eigenvalue weighted by Gasteiger charge is 2.56. The van der Waals surface area contributed by atoms with Gasteiger partial charge in [-0.25, -0.2) is 0 Å². The molecule has 0 saturated heterocycles. The van der Waals surface area contributed by atoms with E-state index in [4.69, 9.17) is 23.2 Å². The maximum atomic E-state index is 11.8. The average Bonchev–Trinajstić information content (AvgIpc) is 3.15. The lowest BCUT2D eigenvalue weighted by molar-refractivity contribution is -0.122. The molecule has 5 heteroatoms. The highest BCUT2D eigenvalue weighted by atomic mass is 35.5. The molecular weight excluding hydrogens is 307 g/mol. The summed E-state index contributed by atoms with van der Waals surface area (Å²) in [5, 5.41) is 2.86. The Balaban J connectivity index is 1.59. The molecule has 1 atom stereocenters. The minimum absolute atomic E-state index is 0.0867. The van der Waals surface area contributed by atoms with Gasteiger partial charge in [-0.3, -0.25) is 9.78 Å². The first-order chi connectivity index (χ1) is 10.1. The summed E-state index contributed by atoms with van der Waals surface area (Å²) in [5.41, 5.74) is 3.20. The van der Waals surface area contributed by atoms with E-state index in [1.807, 2.05) is 42.6 Å². The van der Waals surface area contributed by atoms with E-state index in [1.54, 1.807) is 6.20 Å². The average molecular weight is 321 g/mol. The maximum Gasteiger partial charge on any atom is 0.226 e. The minimum atomic E-state index is -0.867. The van der Waals surface area contributed by atoms with Crippen molar-refractivity contribution in [2.75, 3.05) is 0 Å². The van der Waals surface area contributed by atoms with Crippen molar-refractivity contribution < 1.29 is 4.79 Å². The van der Waals surface area contributed by atoms with Crippen molar-refractivity contribution in [3.8, 4) is 11.1 Å². The number of aromatic nitrogens is 1. The molecule has 1 aliphatic carbocycles. The predicted molar refractivity (Wildman–Crippen MR) is 84.1 cm³/mol. The molecule has 1 aromatic carbocycles. The number of carbonyl (C=O) groups excluding carboxylic acids is 1. The van der Waals surface area contributed by atoms with Gasteiger partial charge < -0.3 is 5.32 Å². The second-order valence-corrected chi connectivity index (χ2v) is 6.72. The number of nitrogens with zero attached hydrogens (tertiary/aromatic N) is 1. The van der Waals surface area contributed by atoms with Crippen LogP contribution in [0.25, 0.3) is 11.1 Å². The summed E-state index contributed by atoms with van der Waals surface area (Å²) >= 11 is 11.7. The van der Waals surface area contributed by atoms with Crippen LogP contribution in [0.1, 0.15) is 12.0 Å². The highest BCUT2D eigenvalue weighted by Crippen LogP contribution is 2.53. The molecule has 1 saturated carbocycles. The van der Waals surface area contributed by atoms with Gasteiger partial charge in [-0.1, -0.05) is 30.3 Å². The monoisotopic (exact) mass is 320 g/mol. The van der Waals surface area contributed by atoms with E-state index < -0.39 is 4.33 Å².